The summed E-state index contributed by atoms with van der Waals surface area (Å²) in [6.45, 7) is 10.1. The van der Waals surface area contributed by atoms with Crippen LogP contribution in [-0.4, -0.2) is 38.6 Å². The molecule has 0 spiro atoms. The van der Waals surface area contributed by atoms with E-state index in [1.54, 1.807) is 6.08 Å². The van der Waals surface area contributed by atoms with E-state index in [1.807, 2.05) is 81.4 Å². The highest BCUT2D eigenvalue weighted by Crippen LogP contribution is 2.33. The van der Waals surface area contributed by atoms with Crippen molar-refractivity contribution in [2.45, 2.75) is 52.2 Å². The summed E-state index contributed by atoms with van der Waals surface area (Å²) >= 11 is 0. The first-order valence-electron chi connectivity index (χ1n) is 11.9. The quantitative estimate of drug-likeness (QED) is 0.149. The summed E-state index contributed by atoms with van der Waals surface area (Å²) in [6, 6.07) is 19.7. The molecule has 0 aromatic heterocycles. The topological polar surface area (TPSA) is 71.1 Å². The summed E-state index contributed by atoms with van der Waals surface area (Å²) < 4.78 is 22.5. The van der Waals surface area contributed by atoms with E-state index in [0.717, 1.165) is 11.1 Å². The minimum Gasteiger partial charge on any atom is -0.469 e. The Hall–Kier alpha value is -2.96. The van der Waals surface area contributed by atoms with Crippen molar-refractivity contribution < 1.29 is 28.5 Å². The second-order valence-electron chi connectivity index (χ2n) is 9.45. The first kappa shape index (κ1) is 28.3. The smallest absolute Gasteiger partial charge is 0.311 e. The Morgan fingerprint density at radius 3 is 2.20 bits per heavy atom. The van der Waals surface area contributed by atoms with E-state index in [4.69, 9.17) is 18.9 Å². The second-order valence-corrected chi connectivity index (χ2v) is 9.45. The monoisotopic (exact) mass is 482 g/mol. The lowest BCUT2D eigenvalue weighted by atomic mass is 9.82. The predicted octanol–water partition coefficient (Wildman–Crippen LogP) is 5.67. The van der Waals surface area contributed by atoms with Gasteiger partial charge in [0.2, 0.25) is 0 Å². The van der Waals surface area contributed by atoms with Gasteiger partial charge in [0.05, 0.1) is 38.3 Å². The van der Waals surface area contributed by atoms with Crippen molar-refractivity contribution in [1.82, 2.24) is 0 Å². The van der Waals surface area contributed by atoms with Crippen LogP contribution < -0.4 is 0 Å². The Bertz CT molecular complexity index is 904. The number of ether oxygens (including phenoxy) is 4. The lowest BCUT2D eigenvalue weighted by molar-refractivity contribution is -0.154. The van der Waals surface area contributed by atoms with Crippen molar-refractivity contribution in [3.8, 4) is 0 Å². The molecule has 0 saturated heterocycles. The summed E-state index contributed by atoms with van der Waals surface area (Å²) in [4.78, 5) is 24.5. The van der Waals surface area contributed by atoms with Crippen LogP contribution >= 0.6 is 0 Å². The molecule has 0 aliphatic heterocycles. The minimum absolute atomic E-state index is 0.0379. The third kappa shape index (κ3) is 9.67. The molecule has 6 heteroatoms. The SMILES string of the molecule is C=C[C@H](CC(=O)OC)[C@@H](OCOCc1ccccc1)[C@H](CCOC(=O)C(C)(C)C)c1ccccc1. The normalized spacial score (nSPS) is 13.9. The maximum Gasteiger partial charge on any atom is 0.311 e. The van der Waals surface area contributed by atoms with Gasteiger partial charge in [-0.05, 0) is 38.3 Å². The Kier molecular flexibility index (Phi) is 11.7. The maximum atomic E-state index is 12.3. The average Bonchev–Trinajstić information content (AvgIpc) is 2.86. The molecule has 2 aromatic rings. The van der Waals surface area contributed by atoms with E-state index in [0.29, 0.717) is 13.0 Å². The number of methoxy groups -OCH3 is 1. The molecular weight excluding hydrogens is 444 g/mol. The number of esters is 2. The molecule has 0 fully saturated rings. The van der Waals surface area contributed by atoms with Crippen LogP contribution in [0, 0.1) is 11.3 Å². The number of rotatable bonds is 14. The van der Waals surface area contributed by atoms with Gasteiger partial charge in [0.15, 0.2) is 0 Å². The van der Waals surface area contributed by atoms with Crippen LogP contribution in [-0.2, 0) is 35.1 Å². The fourth-order valence-corrected chi connectivity index (χ4v) is 3.72. The zero-order chi connectivity index (χ0) is 25.7. The van der Waals surface area contributed by atoms with E-state index in [2.05, 4.69) is 6.58 Å². The highest BCUT2D eigenvalue weighted by Gasteiger charge is 2.32. The van der Waals surface area contributed by atoms with Gasteiger partial charge in [-0.1, -0.05) is 66.7 Å². The molecule has 2 rings (SSSR count). The van der Waals surface area contributed by atoms with Gasteiger partial charge >= 0.3 is 11.9 Å². The molecule has 0 aliphatic rings. The summed E-state index contributed by atoms with van der Waals surface area (Å²) in [5.41, 5.74) is 1.47. The van der Waals surface area contributed by atoms with Crippen LogP contribution in [0.2, 0.25) is 0 Å². The predicted molar refractivity (Wildman–Crippen MR) is 136 cm³/mol. The molecule has 6 nitrogen and oxygen atoms in total. The number of carbonyl (C=O) groups is 2. The molecule has 0 heterocycles. The minimum atomic E-state index is -0.585. The van der Waals surface area contributed by atoms with E-state index < -0.39 is 11.5 Å². The van der Waals surface area contributed by atoms with Crippen LogP contribution in [0.25, 0.3) is 0 Å². The van der Waals surface area contributed by atoms with E-state index >= 15 is 0 Å². The molecule has 0 radical (unpaired) electrons. The van der Waals surface area contributed by atoms with E-state index in [1.165, 1.54) is 7.11 Å². The number of hydrogen-bond acceptors (Lipinski definition) is 6. The zero-order valence-corrected chi connectivity index (χ0v) is 21.3. The fraction of sp³-hybridized carbons (Fsp3) is 0.448. The molecule has 0 saturated carbocycles. The molecule has 35 heavy (non-hydrogen) atoms. The summed E-state index contributed by atoms with van der Waals surface area (Å²) in [5, 5.41) is 0. The third-order valence-electron chi connectivity index (χ3n) is 5.71. The maximum absolute atomic E-state index is 12.3. The summed E-state index contributed by atoms with van der Waals surface area (Å²) in [7, 11) is 1.36. The molecule has 0 bridgehead atoms. The standard InChI is InChI=1S/C29H38O6/c1-6-23(19-26(30)32-5)27(35-21-33-20-22-13-9-7-10-14-22)25(24-15-11-8-12-16-24)17-18-34-28(31)29(2,3)4/h6-16,23,25,27H,1,17-21H2,2-5H3/t23-,25-,27-/m1/s1. The second kappa shape index (κ2) is 14.4. The lowest BCUT2D eigenvalue weighted by Crippen LogP contribution is -2.34. The number of benzene rings is 2. The molecule has 0 unspecified atom stereocenters. The molecule has 0 aliphatic carbocycles. The van der Waals surface area contributed by atoms with Crippen molar-refractivity contribution in [3.05, 3.63) is 84.4 Å². The van der Waals surface area contributed by atoms with Gasteiger partial charge in [-0.25, -0.2) is 0 Å². The van der Waals surface area contributed by atoms with Crippen LogP contribution in [0.4, 0.5) is 0 Å². The highest BCUT2D eigenvalue weighted by molar-refractivity contribution is 5.75. The van der Waals surface area contributed by atoms with Crippen LogP contribution in [0.15, 0.2) is 73.3 Å². The average molecular weight is 483 g/mol. The van der Waals surface area contributed by atoms with E-state index in [9.17, 15) is 9.59 Å². The summed E-state index contributed by atoms with van der Waals surface area (Å²) in [6.07, 6.45) is 1.91. The Balaban J connectivity index is 2.21. The lowest BCUT2D eigenvalue weighted by Gasteiger charge is -2.32. The molecule has 190 valence electrons. The molecule has 0 N–H and O–H groups in total. The Morgan fingerprint density at radius 1 is 1.00 bits per heavy atom. The summed E-state index contributed by atoms with van der Waals surface area (Å²) in [5.74, 6) is -1.11. The van der Waals surface area contributed by atoms with Gasteiger partial charge in [0.1, 0.15) is 6.79 Å². The fourth-order valence-electron chi connectivity index (χ4n) is 3.72. The first-order chi connectivity index (χ1) is 16.8. The van der Waals surface area contributed by atoms with Gasteiger partial charge in [0, 0.05) is 11.8 Å². The van der Waals surface area contributed by atoms with Gasteiger partial charge in [-0.3, -0.25) is 9.59 Å². The van der Waals surface area contributed by atoms with Crippen LogP contribution in [0.5, 0.6) is 0 Å². The first-order valence-corrected chi connectivity index (χ1v) is 11.9. The van der Waals surface area contributed by atoms with Crippen molar-refractivity contribution in [3.63, 3.8) is 0 Å². The Morgan fingerprint density at radius 2 is 1.63 bits per heavy atom. The van der Waals surface area contributed by atoms with Crippen molar-refractivity contribution in [2.24, 2.45) is 11.3 Å². The van der Waals surface area contributed by atoms with Crippen LogP contribution in [0.1, 0.15) is 50.7 Å². The van der Waals surface area contributed by atoms with Crippen LogP contribution in [0.3, 0.4) is 0 Å². The molecule has 0 amide bonds. The van der Waals surface area contributed by atoms with Crippen molar-refractivity contribution >= 4 is 11.9 Å². The molecule has 3 atom stereocenters. The zero-order valence-electron chi connectivity index (χ0n) is 21.3. The van der Waals surface area contributed by atoms with Gasteiger partial charge in [-0.15, -0.1) is 6.58 Å². The van der Waals surface area contributed by atoms with Crippen molar-refractivity contribution in [2.75, 3.05) is 20.5 Å². The largest absolute Gasteiger partial charge is 0.469 e. The van der Waals surface area contributed by atoms with Gasteiger partial charge in [0.25, 0.3) is 0 Å². The Labute approximate surface area is 209 Å². The third-order valence-corrected chi connectivity index (χ3v) is 5.71. The van der Waals surface area contributed by atoms with Gasteiger partial charge in [-0.2, -0.15) is 0 Å². The highest BCUT2D eigenvalue weighted by atomic mass is 16.7. The number of hydrogen-bond donors (Lipinski definition) is 0. The van der Waals surface area contributed by atoms with Crippen molar-refractivity contribution in [1.29, 1.82) is 0 Å². The molecule has 2 aromatic carbocycles. The molecular formula is C29H38O6. The number of carbonyl (C=O) groups excluding carboxylic acids is 2. The van der Waals surface area contributed by atoms with E-state index in [-0.39, 0.29) is 43.6 Å². The van der Waals surface area contributed by atoms with Gasteiger partial charge < -0.3 is 18.9 Å².